The molecule has 2 rings (SSSR count). The van der Waals surface area contributed by atoms with Gasteiger partial charge in [0.1, 0.15) is 12.0 Å². The zero-order valence-corrected chi connectivity index (χ0v) is 8.77. The minimum absolute atomic E-state index is 0.0775. The molecule has 1 aromatic rings. The lowest BCUT2D eigenvalue weighted by Crippen LogP contribution is -2.34. The Bertz CT molecular complexity index is 362. The first-order chi connectivity index (χ1) is 7.27. The Labute approximate surface area is 89.2 Å². The van der Waals surface area contributed by atoms with Crippen molar-refractivity contribution in [2.45, 2.75) is 24.8 Å². The number of carbonyl (C=O) groups is 1. The minimum atomic E-state index is -0.218. The van der Waals surface area contributed by atoms with Crippen LogP contribution in [0.2, 0.25) is 0 Å². The number of hydrogen-bond donors (Lipinski definition) is 1. The van der Waals surface area contributed by atoms with Gasteiger partial charge in [-0.25, -0.2) is 0 Å². The molecule has 0 aromatic heterocycles. The summed E-state index contributed by atoms with van der Waals surface area (Å²) in [4.78, 5) is 11.1. The molecule has 2 atom stereocenters. The van der Waals surface area contributed by atoms with Crippen LogP contribution in [0.5, 0.6) is 5.75 Å². The fraction of sp³-hybridized carbons (Fsp3) is 0.417. The number of methoxy groups -OCH3 is 1. The van der Waals surface area contributed by atoms with Crippen LogP contribution in [0.3, 0.4) is 0 Å². The number of carbonyl (C=O) groups excluding carboxylic acids is 1. The number of benzene rings is 1. The van der Waals surface area contributed by atoms with Gasteiger partial charge in [-0.2, -0.15) is 0 Å². The van der Waals surface area contributed by atoms with Gasteiger partial charge in [-0.15, -0.1) is 0 Å². The lowest BCUT2D eigenvalue weighted by molar-refractivity contribution is -0.109. The third-order valence-corrected chi connectivity index (χ3v) is 3.06. The fourth-order valence-corrected chi connectivity index (χ4v) is 2.25. The highest BCUT2D eigenvalue weighted by molar-refractivity contribution is 5.68. The normalized spacial score (nSPS) is 24.4. The summed E-state index contributed by atoms with van der Waals surface area (Å²) < 4.78 is 5.28. The first kappa shape index (κ1) is 10.2. The summed E-state index contributed by atoms with van der Waals surface area (Å²) in [6.07, 6.45) is 2.73. The first-order valence-corrected chi connectivity index (χ1v) is 5.14. The molecule has 0 aliphatic heterocycles. The predicted octanol–water partition coefficient (Wildman–Crippen LogP) is 1.25. The molecule has 0 heterocycles. The molecule has 2 N–H and O–H groups in total. The van der Waals surface area contributed by atoms with Gasteiger partial charge < -0.3 is 15.3 Å². The third-order valence-electron chi connectivity index (χ3n) is 3.06. The van der Waals surface area contributed by atoms with Crippen LogP contribution in [-0.4, -0.2) is 19.4 Å². The van der Waals surface area contributed by atoms with Crippen LogP contribution in [0, 0.1) is 0 Å². The van der Waals surface area contributed by atoms with Crippen LogP contribution >= 0.6 is 0 Å². The monoisotopic (exact) mass is 205 g/mol. The van der Waals surface area contributed by atoms with Crippen molar-refractivity contribution in [3.05, 3.63) is 29.3 Å². The molecule has 0 saturated carbocycles. The number of nitrogens with two attached hydrogens (primary N) is 1. The third kappa shape index (κ3) is 1.63. The standard InChI is InChI=1S/C12H15NO2/c1-15-11-4-2-3-8-5-6-10(13)9(7-14)12(8)11/h2-4,7,9-10H,5-6,13H2,1H3/t9?,10-/m0/s1. The van der Waals surface area contributed by atoms with E-state index in [0.29, 0.717) is 0 Å². The van der Waals surface area contributed by atoms with Crippen molar-refractivity contribution in [2.24, 2.45) is 5.73 Å². The molecule has 1 aromatic carbocycles. The molecule has 15 heavy (non-hydrogen) atoms. The number of hydrogen-bond acceptors (Lipinski definition) is 3. The van der Waals surface area contributed by atoms with Gasteiger partial charge in [0.15, 0.2) is 0 Å². The number of aryl methyl sites for hydroxylation is 1. The van der Waals surface area contributed by atoms with Crippen LogP contribution in [0.15, 0.2) is 18.2 Å². The Kier molecular flexibility index (Phi) is 2.73. The van der Waals surface area contributed by atoms with Crippen LogP contribution < -0.4 is 10.5 Å². The van der Waals surface area contributed by atoms with Gasteiger partial charge in [-0.1, -0.05) is 12.1 Å². The molecule has 1 aliphatic rings. The molecule has 80 valence electrons. The number of fused-ring (bicyclic) bond motifs is 1. The number of rotatable bonds is 2. The Morgan fingerprint density at radius 3 is 3.00 bits per heavy atom. The molecular weight excluding hydrogens is 190 g/mol. The lowest BCUT2D eigenvalue weighted by atomic mass is 9.80. The Hall–Kier alpha value is -1.35. The quantitative estimate of drug-likeness (QED) is 0.739. The second-order valence-corrected chi connectivity index (χ2v) is 3.90. The highest BCUT2D eigenvalue weighted by Gasteiger charge is 2.29. The molecule has 1 unspecified atom stereocenters. The van der Waals surface area contributed by atoms with Gasteiger partial charge in [0.25, 0.3) is 0 Å². The second kappa shape index (κ2) is 4.03. The van der Waals surface area contributed by atoms with Crippen molar-refractivity contribution in [1.29, 1.82) is 0 Å². The SMILES string of the molecule is COc1cccc2c1C(C=O)[C@@H](N)CC2. The van der Waals surface area contributed by atoms with Crippen LogP contribution in [0.25, 0.3) is 0 Å². The van der Waals surface area contributed by atoms with E-state index >= 15 is 0 Å². The van der Waals surface area contributed by atoms with E-state index in [0.717, 1.165) is 30.4 Å². The van der Waals surface area contributed by atoms with E-state index in [1.807, 2.05) is 18.2 Å². The fourth-order valence-electron chi connectivity index (χ4n) is 2.25. The molecule has 1 aliphatic carbocycles. The topological polar surface area (TPSA) is 52.3 Å². The predicted molar refractivity (Wildman–Crippen MR) is 58.1 cm³/mol. The summed E-state index contributed by atoms with van der Waals surface area (Å²) in [6, 6.07) is 5.80. The van der Waals surface area contributed by atoms with Crippen LogP contribution in [0.1, 0.15) is 23.5 Å². The van der Waals surface area contributed by atoms with Gasteiger partial charge in [0.2, 0.25) is 0 Å². The van der Waals surface area contributed by atoms with Gasteiger partial charge in [-0.05, 0) is 24.5 Å². The highest BCUT2D eigenvalue weighted by atomic mass is 16.5. The van der Waals surface area contributed by atoms with Crippen LogP contribution in [-0.2, 0) is 11.2 Å². The number of ether oxygens (including phenoxy) is 1. The maximum absolute atomic E-state index is 11.1. The van der Waals surface area contributed by atoms with Crippen molar-refractivity contribution in [1.82, 2.24) is 0 Å². The molecule has 0 amide bonds. The molecule has 0 spiro atoms. The lowest BCUT2D eigenvalue weighted by Gasteiger charge is -2.28. The Balaban J connectivity index is 2.53. The largest absolute Gasteiger partial charge is 0.496 e. The maximum Gasteiger partial charge on any atom is 0.129 e. The molecule has 0 saturated heterocycles. The zero-order chi connectivity index (χ0) is 10.8. The molecule has 0 fully saturated rings. The Morgan fingerprint density at radius 1 is 1.53 bits per heavy atom. The molecule has 0 bridgehead atoms. The summed E-state index contributed by atoms with van der Waals surface area (Å²) in [7, 11) is 1.62. The zero-order valence-electron chi connectivity index (χ0n) is 8.77. The summed E-state index contributed by atoms with van der Waals surface area (Å²) in [5.74, 6) is 0.560. The number of aldehydes is 1. The van der Waals surface area contributed by atoms with E-state index in [-0.39, 0.29) is 12.0 Å². The summed E-state index contributed by atoms with van der Waals surface area (Å²) in [5.41, 5.74) is 8.11. The van der Waals surface area contributed by atoms with E-state index < -0.39 is 0 Å². The average Bonchev–Trinajstić information content (AvgIpc) is 2.28. The average molecular weight is 205 g/mol. The van der Waals surface area contributed by atoms with Crippen molar-refractivity contribution in [2.75, 3.05) is 7.11 Å². The van der Waals surface area contributed by atoms with E-state index in [9.17, 15) is 4.79 Å². The van der Waals surface area contributed by atoms with Gasteiger partial charge >= 0.3 is 0 Å². The smallest absolute Gasteiger partial charge is 0.129 e. The van der Waals surface area contributed by atoms with Crippen molar-refractivity contribution < 1.29 is 9.53 Å². The molecule has 3 heteroatoms. The molecule has 3 nitrogen and oxygen atoms in total. The summed E-state index contributed by atoms with van der Waals surface area (Å²) >= 11 is 0. The van der Waals surface area contributed by atoms with Crippen LogP contribution in [0.4, 0.5) is 0 Å². The minimum Gasteiger partial charge on any atom is -0.496 e. The van der Waals surface area contributed by atoms with E-state index in [4.69, 9.17) is 10.5 Å². The summed E-state index contributed by atoms with van der Waals surface area (Å²) in [5, 5.41) is 0. The van der Waals surface area contributed by atoms with Crippen molar-refractivity contribution in [3.8, 4) is 5.75 Å². The van der Waals surface area contributed by atoms with Gasteiger partial charge in [0.05, 0.1) is 13.0 Å². The first-order valence-electron chi connectivity index (χ1n) is 5.14. The summed E-state index contributed by atoms with van der Waals surface area (Å²) in [6.45, 7) is 0. The van der Waals surface area contributed by atoms with E-state index in [1.165, 1.54) is 5.56 Å². The van der Waals surface area contributed by atoms with E-state index in [2.05, 4.69) is 0 Å². The maximum atomic E-state index is 11.1. The van der Waals surface area contributed by atoms with Gasteiger partial charge in [-0.3, -0.25) is 0 Å². The van der Waals surface area contributed by atoms with E-state index in [1.54, 1.807) is 7.11 Å². The molecular formula is C12H15NO2. The van der Waals surface area contributed by atoms with Gasteiger partial charge in [0, 0.05) is 11.6 Å². The Morgan fingerprint density at radius 2 is 2.33 bits per heavy atom. The van der Waals surface area contributed by atoms with Crippen molar-refractivity contribution >= 4 is 6.29 Å². The highest BCUT2D eigenvalue weighted by Crippen LogP contribution is 2.36. The molecule has 0 radical (unpaired) electrons. The second-order valence-electron chi connectivity index (χ2n) is 3.90. The van der Waals surface area contributed by atoms with Crippen molar-refractivity contribution in [3.63, 3.8) is 0 Å².